The van der Waals surface area contributed by atoms with Crippen LogP contribution >= 0.6 is 11.6 Å². The van der Waals surface area contributed by atoms with Crippen molar-refractivity contribution in [2.75, 3.05) is 5.32 Å². The lowest BCUT2D eigenvalue weighted by atomic mass is 10.1. The Morgan fingerprint density at radius 2 is 1.36 bits per heavy atom. The normalized spacial score (nSPS) is 12.8. The minimum atomic E-state index is -5.21. The number of anilines is 1. The molecule has 0 saturated heterocycles. The summed E-state index contributed by atoms with van der Waals surface area (Å²) in [6, 6.07) is 0.0660. The number of halogens is 10. The lowest BCUT2D eigenvalue weighted by Crippen LogP contribution is -2.21. The number of carbonyl (C=O) groups excluding carboxylic acids is 1. The molecule has 1 heterocycles. The lowest BCUT2D eigenvalue weighted by Gasteiger charge is -2.15. The Morgan fingerprint density at radius 1 is 0.857 bits per heavy atom. The van der Waals surface area contributed by atoms with Crippen LogP contribution in [0.2, 0.25) is 5.28 Å². The minimum Gasteiger partial charge on any atom is -0.322 e. The lowest BCUT2D eigenvalue weighted by molar-refractivity contribution is -0.143. The quantitative estimate of drug-likeness (QED) is 0.503. The van der Waals surface area contributed by atoms with Crippen LogP contribution < -0.4 is 5.32 Å². The molecule has 4 nitrogen and oxygen atoms in total. The summed E-state index contributed by atoms with van der Waals surface area (Å²) in [5.41, 5.74) is -7.62. The molecule has 152 valence electrons. The first-order valence-corrected chi connectivity index (χ1v) is 7.17. The van der Waals surface area contributed by atoms with Gasteiger partial charge in [0.15, 0.2) is 5.69 Å². The van der Waals surface area contributed by atoms with Crippen LogP contribution in [0.4, 0.5) is 45.2 Å². The first kappa shape index (κ1) is 21.7. The van der Waals surface area contributed by atoms with Gasteiger partial charge in [-0.25, -0.2) is 9.97 Å². The number of benzene rings is 1. The maximum atomic E-state index is 12.9. The third kappa shape index (κ3) is 5.03. The first-order chi connectivity index (χ1) is 12.6. The van der Waals surface area contributed by atoms with Crippen LogP contribution in [0.15, 0.2) is 24.4 Å². The van der Waals surface area contributed by atoms with Crippen molar-refractivity contribution in [1.82, 2.24) is 9.97 Å². The van der Waals surface area contributed by atoms with Crippen LogP contribution in [0.1, 0.15) is 27.2 Å². The molecular weight excluding hydrogens is 433 g/mol. The zero-order valence-electron chi connectivity index (χ0n) is 12.9. The fourth-order valence-electron chi connectivity index (χ4n) is 1.97. The zero-order chi connectivity index (χ0) is 21.5. The standard InChI is InChI=1S/C14H5ClF9N3O/c15-11-25-4-8(9(27-11)14(22,23)24)10(28)26-7-2-5(12(16,17)18)1-6(3-7)13(19,20)21/h1-4H,(H,26,28). The molecule has 1 aromatic heterocycles. The number of nitrogens with one attached hydrogen (secondary N) is 1. The Morgan fingerprint density at radius 3 is 1.79 bits per heavy atom. The summed E-state index contributed by atoms with van der Waals surface area (Å²) >= 11 is 5.23. The molecule has 0 spiro atoms. The number of carbonyl (C=O) groups is 1. The van der Waals surface area contributed by atoms with Crippen LogP contribution in [0, 0.1) is 0 Å². The van der Waals surface area contributed by atoms with Crippen molar-refractivity contribution in [3.05, 3.63) is 52.1 Å². The molecule has 1 N–H and O–H groups in total. The molecule has 0 bridgehead atoms. The van der Waals surface area contributed by atoms with Gasteiger partial charge >= 0.3 is 18.5 Å². The van der Waals surface area contributed by atoms with Crippen LogP contribution in [0.25, 0.3) is 0 Å². The van der Waals surface area contributed by atoms with E-state index < -0.39 is 57.8 Å². The predicted molar refractivity (Wildman–Crippen MR) is 76.4 cm³/mol. The van der Waals surface area contributed by atoms with Gasteiger partial charge in [0.05, 0.1) is 16.7 Å². The summed E-state index contributed by atoms with van der Waals surface area (Å²) < 4.78 is 116. The van der Waals surface area contributed by atoms with Gasteiger partial charge in [-0.1, -0.05) is 0 Å². The number of rotatable bonds is 2. The molecule has 14 heteroatoms. The van der Waals surface area contributed by atoms with Crippen molar-refractivity contribution >= 4 is 23.2 Å². The van der Waals surface area contributed by atoms with E-state index in [0.717, 1.165) is 0 Å². The summed E-state index contributed by atoms with van der Waals surface area (Å²) in [5.74, 6) is -1.68. The molecule has 2 rings (SSSR count). The summed E-state index contributed by atoms with van der Waals surface area (Å²) in [7, 11) is 0. The van der Waals surface area contributed by atoms with Crippen molar-refractivity contribution in [3.63, 3.8) is 0 Å². The van der Waals surface area contributed by atoms with Gasteiger partial charge in [0, 0.05) is 11.9 Å². The maximum Gasteiger partial charge on any atom is 0.434 e. The topological polar surface area (TPSA) is 54.9 Å². The zero-order valence-corrected chi connectivity index (χ0v) is 13.6. The molecule has 0 aliphatic heterocycles. The smallest absolute Gasteiger partial charge is 0.322 e. The van der Waals surface area contributed by atoms with E-state index in [1.54, 1.807) is 5.32 Å². The Kier molecular flexibility index (Phi) is 5.52. The van der Waals surface area contributed by atoms with Gasteiger partial charge in [0.25, 0.3) is 5.91 Å². The Balaban J connectivity index is 2.50. The van der Waals surface area contributed by atoms with Gasteiger partial charge in [-0.05, 0) is 29.8 Å². The van der Waals surface area contributed by atoms with E-state index in [9.17, 15) is 44.3 Å². The monoisotopic (exact) mass is 437 g/mol. The van der Waals surface area contributed by atoms with E-state index in [4.69, 9.17) is 11.6 Å². The number of aromatic nitrogens is 2. The second-order valence-corrected chi connectivity index (χ2v) is 5.49. The second-order valence-electron chi connectivity index (χ2n) is 5.15. The molecule has 0 aliphatic carbocycles. The molecule has 2 aromatic rings. The van der Waals surface area contributed by atoms with Gasteiger partial charge in [-0.3, -0.25) is 4.79 Å². The van der Waals surface area contributed by atoms with Crippen molar-refractivity contribution in [3.8, 4) is 0 Å². The fraction of sp³-hybridized carbons (Fsp3) is 0.214. The van der Waals surface area contributed by atoms with Crippen molar-refractivity contribution < 1.29 is 44.3 Å². The predicted octanol–water partition coefficient (Wildman–Crippen LogP) is 5.44. The molecule has 1 amide bonds. The summed E-state index contributed by atoms with van der Waals surface area (Å²) in [5, 5.41) is 0.680. The molecule has 0 saturated carbocycles. The Bertz CT molecular complexity index is 874. The van der Waals surface area contributed by atoms with Crippen LogP contribution in [0.3, 0.4) is 0 Å². The number of nitrogens with zero attached hydrogens (tertiary/aromatic N) is 2. The molecule has 1 aromatic carbocycles. The van der Waals surface area contributed by atoms with Gasteiger partial charge in [0.1, 0.15) is 0 Å². The number of alkyl halides is 9. The molecule has 28 heavy (non-hydrogen) atoms. The van der Waals surface area contributed by atoms with Crippen molar-refractivity contribution in [2.24, 2.45) is 0 Å². The number of amides is 1. The van der Waals surface area contributed by atoms with E-state index >= 15 is 0 Å². The highest BCUT2D eigenvalue weighted by atomic mass is 35.5. The van der Waals surface area contributed by atoms with E-state index in [0.29, 0.717) is 6.20 Å². The Hall–Kier alpha value is -2.57. The van der Waals surface area contributed by atoms with Gasteiger partial charge < -0.3 is 5.32 Å². The molecular formula is C14H5ClF9N3O. The third-order valence-corrected chi connectivity index (χ3v) is 3.30. The van der Waals surface area contributed by atoms with Crippen LogP contribution in [0.5, 0.6) is 0 Å². The largest absolute Gasteiger partial charge is 0.434 e. The molecule has 0 aliphatic rings. The fourth-order valence-corrected chi connectivity index (χ4v) is 2.10. The molecule has 0 radical (unpaired) electrons. The maximum absolute atomic E-state index is 12.9. The second kappa shape index (κ2) is 7.11. The van der Waals surface area contributed by atoms with Gasteiger partial charge in [0.2, 0.25) is 5.28 Å². The highest BCUT2D eigenvalue weighted by Gasteiger charge is 2.39. The van der Waals surface area contributed by atoms with E-state index in [1.807, 2.05) is 0 Å². The SMILES string of the molecule is O=C(Nc1cc(C(F)(F)F)cc(C(F)(F)F)c1)c1cnc(Cl)nc1C(F)(F)F. The average molecular weight is 438 g/mol. The van der Waals surface area contributed by atoms with Crippen molar-refractivity contribution in [2.45, 2.75) is 18.5 Å². The minimum absolute atomic E-state index is 0.136. The summed E-state index contributed by atoms with van der Waals surface area (Å²) in [6.07, 6.45) is -15.3. The van der Waals surface area contributed by atoms with Crippen LogP contribution in [-0.2, 0) is 18.5 Å². The van der Waals surface area contributed by atoms with Crippen molar-refractivity contribution in [1.29, 1.82) is 0 Å². The number of hydrogen-bond acceptors (Lipinski definition) is 3. The summed E-state index contributed by atoms with van der Waals surface area (Å²) in [4.78, 5) is 18.0. The van der Waals surface area contributed by atoms with Gasteiger partial charge in [-0.15, -0.1) is 0 Å². The Labute approximate surface area is 154 Å². The summed E-state index contributed by atoms with van der Waals surface area (Å²) in [6.45, 7) is 0. The highest BCUT2D eigenvalue weighted by molar-refractivity contribution is 6.28. The number of hydrogen-bond donors (Lipinski definition) is 1. The van der Waals surface area contributed by atoms with Gasteiger partial charge in [-0.2, -0.15) is 39.5 Å². The molecule has 0 atom stereocenters. The van der Waals surface area contributed by atoms with E-state index in [-0.39, 0.29) is 18.2 Å². The van der Waals surface area contributed by atoms with E-state index in [2.05, 4.69) is 9.97 Å². The molecule has 0 fully saturated rings. The molecule has 0 unspecified atom stereocenters. The third-order valence-electron chi connectivity index (χ3n) is 3.12. The van der Waals surface area contributed by atoms with Crippen LogP contribution in [-0.4, -0.2) is 15.9 Å². The van der Waals surface area contributed by atoms with E-state index in [1.165, 1.54) is 0 Å². The average Bonchev–Trinajstić information content (AvgIpc) is 2.51. The highest BCUT2D eigenvalue weighted by Crippen LogP contribution is 2.38. The first-order valence-electron chi connectivity index (χ1n) is 6.79.